The van der Waals surface area contributed by atoms with Gasteiger partial charge in [-0.2, -0.15) is 0 Å². The predicted octanol–water partition coefficient (Wildman–Crippen LogP) is 1.94. The fourth-order valence-corrected chi connectivity index (χ4v) is 1.04. The fourth-order valence-electron chi connectivity index (χ4n) is 1.04. The van der Waals surface area contributed by atoms with E-state index in [1.165, 1.54) is 0 Å². The SMILES string of the molecule is [CH2]C(CC(C)C=O)NC(=O)OC(C)(C)C. The van der Waals surface area contributed by atoms with Crippen molar-refractivity contribution in [3.05, 3.63) is 6.92 Å². The van der Waals surface area contributed by atoms with E-state index in [0.717, 1.165) is 6.29 Å². The number of nitrogens with one attached hydrogen (secondary N) is 1. The van der Waals surface area contributed by atoms with Crippen LogP contribution >= 0.6 is 0 Å². The lowest BCUT2D eigenvalue weighted by molar-refractivity contribution is -0.110. The average molecular weight is 214 g/mol. The molecule has 0 aromatic rings. The number of rotatable bonds is 4. The van der Waals surface area contributed by atoms with E-state index in [0.29, 0.717) is 6.42 Å². The highest BCUT2D eigenvalue weighted by atomic mass is 16.6. The average Bonchev–Trinajstić information content (AvgIpc) is 1.99. The van der Waals surface area contributed by atoms with Crippen LogP contribution in [0.5, 0.6) is 0 Å². The number of alkyl carbamates (subject to hydrolysis) is 1. The molecule has 0 aliphatic carbocycles. The first-order valence-corrected chi connectivity index (χ1v) is 5.02. The number of amides is 1. The third-order valence-electron chi connectivity index (χ3n) is 1.61. The van der Waals surface area contributed by atoms with Crippen LogP contribution in [0.25, 0.3) is 0 Å². The van der Waals surface area contributed by atoms with Crippen LogP contribution in [-0.2, 0) is 9.53 Å². The van der Waals surface area contributed by atoms with Crippen molar-refractivity contribution in [1.29, 1.82) is 0 Å². The Bertz CT molecular complexity index is 220. The lowest BCUT2D eigenvalue weighted by atomic mass is 10.1. The summed E-state index contributed by atoms with van der Waals surface area (Å²) in [6.07, 6.45) is 0.859. The van der Waals surface area contributed by atoms with Gasteiger partial charge in [0.1, 0.15) is 11.9 Å². The summed E-state index contributed by atoms with van der Waals surface area (Å²) in [6.45, 7) is 10.9. The van der Waals surface area contributed by atoms with Crippen molar-refractivity contribution in [1.82, 2.24) is 5.32 Å². The van der Waals surface area contributed by atoms with Crippen molar-refractivity contribution in [2.24, 2.45) is 5.92 Å². The summed E-state index contributed by atoms with van der Waals surface area (Å²) in [7, 11) is 0. The second-order valence-electron chi connectivity index (χ2n) is 4.69. The molecular weight excluding hydrogens is 194 g/mol. The molecule has 0 saturated carbocycles. The third-order valence-corrected chi connectivity index (χ3v) is 1.61. The molecule has 4 nitrogen and oxygen atoms in total. The standard InChI is InChI=1S/C11H20NO3/c1-8(7-13)6-9(2)12-10(14)15-11(3,4)5/h7-9H,2,6H2,1,3-5H3,(H,12,14). The van der Waals surface area contributed by atoms with Gasteiger partial charge in [-0.15, -0.1) is 0 Å². The molecule has 2 atom stereocenters. The lowest BCUT2D eigenvalue weighted by Gasteiger charge is -2.22. The van der Waals surface area contributed by atoms with Gasteiger partial charge in [-0.3, -0.25) is 0 Å². The molecule has 0 spiro atoms. The second-order valence-corrected chi connectivity index (χ2v) is 4.69. The molecule has 2 unspecified atom stereocenters. The van der Waals surface area contributed by atoms with Gasteiger partial charge >= 0.3 is 6.09 Å². The van der Waals surface area contributed by atoms with Gasteiger partial charge in [-0.25, -0.2) is 4.79 Å². The number of ether oxygens (including phenoxy) is 1. The molecule has 1 radical (unpaired) electrons. The van der Waals surface area contributed by atoms with Gasteiger partial charge in [0.2, 0.25) is 0 Å². The first-order valence-electron chi connectivity index (χ1n) is 5.02. The summed E-state index contributed by atoms with van der Waals surface area (Å²) in [4.78, 5) is 21.7. The molecule has 0 aromatic carbocycles. The maximum atomic E-state index is 11.3. The van der Waals surface area contributed by atoms with E-state index in [-0.39, 0.29) is 12.0 Å². The molecule has 0 rings (SSSR count). The Labute approximate surface area is 91.4 Å². The summed E-state index contributed by atoms with van der Waals surface area (Å²) in [5, 5.41) is 2.57. The molecule has 0 bridgehead atoms. The highest BCUT2D eigenvalue weighted by Gasteiger charge is 2.18. The summed E-state index contributed by atoms with van der Waals surface area (Å²) in [5.74, 6) is -0.109. The van der Waals surface area contributed by atoms with Crippen molar-refractivity contribution in [2.75, 3.05) is 0 Å². The minimum atomic E-state index is -0.514. The minimum Gasteiger partial charge on any atom is -0.444 e. The highest BCUT2D eigenvalue weighted by Crippen LogP contribution is 2.08. The quantitative estimate of drug-likeness (QED) is 0.727. The van der Waals surface area contributed by atoms with E-state index in [9.17, 15) is 9.59 Å². The van der Waals surface area contributed by atoms with Crippen LogP contribution < -0.4 is 5.32 Å². The molecule has 0 fully saturated rings. The smallest absolute Gasteiger partial charge is 0.407 e. The van der Waals surface area contributed by atoms with Crippen LogP contribution in [0.15, 0.2) is 0 Å². The van der Waals surface area contributed by atoms with Crippen molar-refractivity contribution < 1.29 is 14.3 Å². The number of aldehydes is 1. The van der Waals surface area contributed by atoms with Crippen LogP contribution in [0.1, 0.15) is 34.1 Å². The molecule has 1 amide bonds. The Morgan fingerprint density at radius 3 is 2.47 bits per heavy atom. The number of carbonyl (C=O) groups excluding carboxylic acids is 2. The van der Waals surface area contributed by atoms with Gasteiger partial charge in [0.25, 0.3) is 0 Å². The van der Waals surface area contributed by atoms with E-state index >= 15 is 0 Å². The Morgan fingerprint density at radius 2 is 2.07 bits per heavy atom. The second kappa shape index (κ2) is 5.73. The molecule has 0 saturated heterocycles. The molecule has 15 heavy (non-hydrogen) atoms. The van der Waals surface area contributed by atoms with E-state index in [1.54, 1.807) is 27.7 Å². The van der Waals surface area contributed by atoms with Gasteiger partial charge in [0.05, 0.1) is 0 Å². The van der Waals surface area contributed by atoms with Gasteiger partial charge in [-0.1, -0.05) is 6.92 Å². The van der Waals surface area contributed by atoms with Crippen molar-refractivity contribution in [3.63, 3.8) is 0 Å². The van der Waals surface area contributed by atoms with Crippen molar-refractivity contribution in [2.45, 2.75) is 45.8 Å². The Morgan fingerprint density at radius 1 is 1.53 bits per heavy atom. The van der Waals surface area contributed by atoms with Gasteiger partial charge < -0.3 is 14.8 Å². The van der Waals surface area contributed by atoms with Crippen LogP contribution in [0.3, 0.4) is 0 Å². The Kier molecular flexibility index (Phi) is 5.33. The van der Waals surface area contributed by atoms with Crippen molar-refractivity contribution >= 4 is 12.4 Å². The van der Waals surface area contributed by atoms with E-state index in [2.05, 4.69) is 12.2 Å². The Balaban J connectivity index is 3.91. The largest absolute Gasteiger partial charge is 0.444 e. The number of hydrogen-bond donors (Lipinski definition) is 1. The highest BCUT2D eigenvalue weighted by molar-refractivity contribution is 5.68. The Hall–Kier alpha value is -1.06. The molecule has 0 heterocycles. The van der Waals surface area contributed by atoms with Crippen molar-refractivity contribution in [3.8, 4) is 0 Å². The zero-order valence-electron chi connectivity index (χ0n) is 9.87. The molecule has 0 aromatic heterocycles. The van der Waals surface area contributed by atoms with Gasteiger partial charge in [0, 0.05) is 12.0 Å². The molecule has 87 valence electrons. The summed E-state index contributed by atoms with van der Waals surface area (Å²) in [6, 6.07) is -0.306. The van der Waals surface area contributed by atoms with E-state index in [1.807, 2.05) is 0 Å². The van der Waals surface area contributed by atoms with E-state index < -0.39 is 11.7 Å². The summed E-state index contributed by atoms with van der Waals surface area (Å²) < 4.78 is 5.05. The molecule has 1 N–H and O–H groups in total. The predicted molar refractivity (Wildman–Crippen MR) is 58.4 cm³/mol. The van der Waals surface area contributed by atoms with Crippen LogP contribution in [0.4, 0.5) is 4.79 Å². The summed E-state index contributed by atoms with van der Waals surface area (Å²) >= 11 is 0. The molecule has 4 heteroatoms. The maximum absolute atomic E-state index is 11.3. The molecule has 0 aliphatic heterocycles. The summed E-state index contributed by atoms with van der Waals surface area (Å²) in [5.41, 5.74) is -0.514. The number of carbonyl (C=O) groups is 2. The first kappa shape index (κ1) is 13.9. The van der Waals surface area contributed by atoms with Gasteiger partial charge in [0.15, 0.2) is 0 Å². The number of hydrogen-bond acceptors (Lipinski definition) is 3. The fraction of sp³-hybridized carbons (Fsp3) is 0.727. The lowest BCUT2D eigenvalue weighted by Crippen LogP contribution is -2.38. The molecule has 0 aliphatic rings. The zero-order chi connectivity index (χ0) is 12.1. The van der Waals surface area contributed by atoms with Crippen LogP contribution in [-0.4, -0.2) is 24.0 Å². The zero-order valence-corrected chi connectivity index (χ0v) is 9.87. The molecular formula is C11H20NO3. The normalized spacial score (nSPS) is 15.3. The first-order chi connectivity index (χ1) is 6.74. The maximum Gasteiger partial charge on any atom is 0.407 e. The topological polar surface area (TPSA) is 55.4 Å². The minimum absolute atomic E-state index is 0.109. The monoisotopic (exact) mass is 214 g/mol. The van der Waals surface area contributed by atoms with Gasteiger partial charge in [-0.05, 0) is 34.1 Å². The van der Waals surface area contributed by atoms with Crippen LogP contribution in [0.2, 0.25) is 0 Å². The van der Waals surface area contributed by atoms with E-state index in [4.69, 9.17) is 4.74 Å². The van der Waals surface area contributed by atoms with Crippen LogP contribution in [0, 0.1) is 12.8 Å². The third kappa shape index (κ3) is 7.97.